The van der Waals surface area contributed by atoms with Crippen molar-refractivity contribution < 1.29 is 72.4 Å². The van der Waals surface area contributed by atoms with Crippen molar-refractivity contribution in [2.45, 2.75) is 120 Å². The lowest BCUT2D eigenvalue weighted by molar-refractivity contribution is -0.301. The van der Waals surface area contributed by atoms with Crippen LogP contribution in [0.1, 0.15) is 58.4 Å². The van der Waals surface area contributed by atoms with Crippen LogP contribution in [0, 0.1) is 0 Å². The maximum absolute atomic E-state index is 12.4. The van der Waals surface area contributed by atoms with Gasteiger partial charge in [-0.2, -0.15) is 0 Å². The highest BCUT2D eigenvalue weighted by atomic mass is 32.5. The van der Waals surface area contributed by atoms with Gasteiger partial charge in [-0.05, 0) is 63.8 Å². The zero-order chi connectivity index (χ0) is 36.9. The topological polar surface area (TPSA) is 221 Å². The van der Waals surface area contributed by atoms with Gasteiger partial charge in [0.15, 0.2) is 6.29 Å². The Morgan fingerprint density at radius 3 is 2.32 bits per heavy atom. The molecule has 2 heterocycles. The summed E-state index contributed by atoms with van der Waals surface area (Å²) in [6.07, 6.45) is -8.66. The van der Waals surface area contributed by atoms with Crippen LogP contribution in [0.15, 0.2) is 30.3 Å². The van der Waals surface area contributed by atoms with Crippen LogP contribution in [-0.2, 0) is 60.7 Å². The van der Waals surface area contributed by atoms with Crippen LogP contribution in [0.3, 0.4) is 0 Å². The molecule has 6 N–H and O–H groups in total. The number of amides is 1. The minimum Gasteiger partial charge on any atom is -0.431 e. The van der Waals surface area contributed by atoms with Crippen LogP contribution in [0.5, 0.6) is 0 Å². The first-order valence-electron chi connectivity index (χ1n) is 16.6. The number of hydrogen-bond acceptors (Lipinski definition) is 15. The van der Waals surface area contributed by atoms with Gasteiger partial charge in [-0.15, -0.1) is 0 Å². The third-order valence-electron chi connectivity index (χ3n) is 7.80. The fraction of sp³-hybridized carbons (Fsp3) is 0.750. The highest BCUT2D eigenvalue weighted by Gasteiger charge is 2.49. The number of aliphatic hydroxyl groups is 4. The van der Waals surface area contributed by atoms with Crippen molar-refractivity contribution in [2.75, 3.05) is 33.5 Å². The fourth-order valence-electron chi connectivity index (χ4n) is 5.42. The van der Waals surface area contributed by atoms with Crippen LogP contribution in [0.4, 0.5) is 4.79 Å². The number of methoxy groups -OCH3 is 1. The Labute approximate surface area is 297 Å². The van der Waals surface area contributed by atoms with Gasteiger partial charge in [-0.1, -0.05) is 30.3 Å². The van der Waals surface area contributed by atoms with E-state index >= 15 is 0 Å². The second-order valence-corrected chi connectivity index (χ2v) is 15.7. The summed E-state index contributed by atoms with van der Waals surface area (Å²) in [4.78, 5) is 35.6. The fourth-order valence-corrected chi connectivity index (χ4v) is 7.69. The molecule has 0 aromatic heterocycles. The third-order valence-corrected chi connectivity index (χ3v) is 9.57. The molecule has 50 heavy (non-hydrogen) atoms. The maximum Gasteiger partial charge on any atom is 0.508 e. The number of carbonyl (C=O) groups is 2. The molecule has 0 bridgehead atoms. The molecule has 1 aromatic rings. The van der Waals surface area contributed by atoms with Gasteiger partial charge < -0.3 is 63.6 Å². The number of carbonyl (C=O) groups excluding carboxylic acids is 2. The first-order valence-corrected chi connectivity index (χ1v) is 19.2. The molecule has 1 amide bonds. The van der Waals surface area contributed by atoms with Crippen LogP contribution in [0.25, 0.3) is 0 Å². The number of rotatable bonds is 19. The summed E-state index contributed by atoms with van der Waals surface area (Å²) in [6, 6.07) is 9.11. The van der Waals surface area contributed by atoms with E-state index in [2.05, 4.69) is 5.32 Å². The maximum atomic E-state index is 12.4. The number of hydrogen-bond donors (Lipinski definition) is 6. The van der Waals surface area contributed by atoms with Gasteiger partial charge in [0.05, 0.1) is 18.3 Å². The monoisotopic (exact) mass is 753 g/mol. The van der Waals surface area contributed by atoms with Crippen LogP contribution in [-0.4, -0.2) is 132 Å². The number of ether oxygens (including phenoxy) is 6. The van der Waals surface area contributed by atoms with E-state index in [-0.39, 0.29) is 32.1 Å². The largest absolute Gasteiger partial charge is 0.508 e. The average Bonchev–Trinajstić information content (AvgIpc) is 3.38. The highest BCUT2D eigenvalue weighted by molar-refractivity contribution is 8.07. The normalized spacial score (nSPS) is 29.7. The Morgan fingerprint density at radius 1 is 0.940 bits per heavy atom. The third kappa shape index (κ3) is 14.0. The SMILES string of the molecule is CO[C@H]1C(OP(O)(=S)OC(C)(C)C)[C@@H](COC(=O)OCc2ccccc2)O[C@H]1CCCNC(=O)CCCCO[C@H]1O[C@H](CO)[C@@H](O)[C@H](O)[C@@H]1O. The van der Waals surface area contributed by atoms with E-state index in [1.54, 1.807) is 20.8 Å². The molecule has 2 fully saturated rings. The number of benzene rings is 1. The summed E-state index contributed by atoms with van der Waals surface area (Å²) in [5.41, 5.74) is -0.00962. The van der Waals surface area contributed by atoms with Gasteiger partial charge in [0.25, 0.3) is 0 Å². The first-order chi connectivity index (χ1) is 23.6. The Balaban J connectivity index is 1.44. The molecule has 16 nitrogen and oxygen atoms in total. The van der Waals surface area contributed by atoms with Crippen LogP contribution >= 0.6 is 6.72 Å². The molecule has 10 atom stereocenters. The van der Waals surface area contributed by atoms with Crippen molar-refractivity contribution in [1.82, 2.24) is 5.32 Å². The zero-order valence-corrected chi connectivity index (χ0v) is 30.5. The van der Waals surface area contributed by atoms with E-state index < -0.39 is 80.2 Å². The Hall–Kier alpha value is -1.83. The quantitative estimate of drug-likeness (QED) is 0.0668. The molecule has 0 spiro atoms. The summed E-state index contributed by atoms with van der Waals surface area (Å²) in [6.45, 7) is 1.06. The molecular formula is C32H52NO15PS. The minimum absolute atomic E-state index is 0.0208. The molecule has 2 unspecified atom stereocenters. The zero-order valence-electron chi connectivity index (χ0n) is 28.8. The van der Waals surface area contributed by atoms with Gasteiger partial charge in [0, 0.05) is 26.7 Å². The molecule has 0 radical (unpaired) electrons. The van der Waals surface area contributed by atoms with E-state index in [1.165, 1.54) is 7.11 Å². The van der Waals surface area contributed by atoms with E-state index in [9.17, 15) is 34.9 Å². The average molecular weight is 754 g/mol. The molecule has 18 heteroatoms. The van der Waals surface area contributed by atoms with Gasteiger partial charge in [-0.25, -0.2) is 4.79 Å². The number of aliphatic hydroxyl groups excluding tert-OH is 4. The Bertz CT molecular complexity index is 1220. The van der Waals surface area contributed by atoms with Crippen molar-refractivity contribution in [3.05, 3.63) is 35.9 Å². The summed E-state index contributed by atoms with van der Waals surface area (Å²) >= 11 is 5.27. The molecule has 0 saturated carbocycles. The summed E-state index contributed by atoms with van der Waals surface area (Å²) in [5.74, 6) is -0.185. The molecular weight excluding hydrogens is 701 g/mol. The van der Waals surface area contributed by atoms with Crippen molar-refractivity contribution in [3.8, 4) is 0 Å². The summed E-state index contributed by atoms with van der Waals surface area (Å²) in [5, 5.41) is 41.9. The predicted octanol–water partition coefficient (Wildman–Crippen LogP) is 1.42. The molecule has 2 saturated heterocycles. The van der Waals surface area contributed by atoms with Crippen LogP contribution in [0.2, 0.25) is 0 Å². The summed E-state index contributed by atoms with van der Waals surface area (Å²) < 4.78 is 44.7. The molecule has 2 aliphatic heterocycles. The van der Waals surface area contributed by atoms with Gasteiger partial charge in [-0.3, -0.25) is 9.32 Å². The van der Waals surface area contributed by atoms with Crippen molar-refractivity contribution >= 4 is 30.6 Å². The molecule has 286 valence electrons. The standard InChI is InChI=1S/C32H52NO15PS/c1-32(2,3)48-49(40,50)47-29-23(19-44-31(39)43-18-20-11-6-5-7-12-20)45-21(28(29)41-4)13-10-15-33-24(35)14-8-9-16-42-30-27(38)26(37)25(36)22(17-34)46-30/h5-7,11-12,21-23,25-30,34,36-38H,8-10,13-19H2,1-4H3,(H,33,35)(H,40,50)/t21-,22+,23+,25+,26-,27-,28+,29?,30-,49?/m0/s1. The van der Waals surface area contributed by atoms with Crippen molar-refractivity contribution in [2.24, 2.45) is 0 Å². The molecule has 3 rings (SSSR count). The van der Waals surface area contributed by atoms with Crippen molar-refractivity contribution in [3.63, 3.8) is 0 Å². The highest BCUT2D eigenvalue weighted by Crippen LogP contribution is 2.51. The van der Waals surface area contributed by atoms with E-state index in [0.29, 0.717) is 32.2 Å². The van der Waals surface area contributed by atoms with Crippen molar-refractivity contribution in [1.29, 1.82) is 0 Å². The smallest absolute Gasteiger partial charge is 0.431 e. The molecule has 1 aromatic carbocycles. The lowest BCUT2D eigenvalue weighted by Crippen LogP contribution is -2.59. The lowest BCUT2D eigenvalue weighted by atomic mass is 9.99. The predicted molar refractivity (Wildman–Crippen MR) is 180 cm³/mol. The Morgan fingerprint density at radius 2 is 1.66 bits per heavy atom. The second-order valence-electron chi connectivity index (χ2n) is 13.0. The first kappa shape index (κ1) is 42.6. The number of nitrogens with one attached hydrogen (secondary N) is 1. The number of unbranched alkanes of at least 4 members (excludes halogenated alkanes) is 1. The van der Waals surface area contributed by atoms with Gasteiger partial charge in [0.1, 0.15) is 55.9 Å². The Kier molecular flexibility index (Phi) is 17.4. The molecule has 0 aliphatic carbocycles. The van der Waals surface area contributed by atoms with Gasteiger partial charge >= 0.3 is 12.9 Å². The van der Waals surface area contributed by atoms with E-state index in [4.69, 9.17) is 49.3 Å². The van der Waals surface area contributed by atoms with Gasteiger partial charge in [0.2, 0.25) is 5.91 Å². The van der Waals surface area contributed by atoms with E-state index in [1.807, 2.05) is 30.3 Å². The lowest BCUT2D eigenvalue weighted by Gasteiger charge is -2.39. The summed E-state index contributed by atoms with van der Waals surface area (Å²) in [7, 11) is 1.46. The minimum atomic E-state index is -3.77. The second kappa shape index (κ2) is 20.4. The van der Waals surface area contributed by atoms with Crippen LogP contribution < -0.4 is 5.32 Å². The molecule has 2 aliphatic rings. The van der Waals surface area contributed by atoms with E-state index in [0.717, 1.165) is 5.56 Å².